The molecule has 0 atom stereocenters. The Bertz CT molecular complexity index is 390. The number of hydrogen-bond donors (Lipinski definition) is 0. The molecule has 0 saturated carbocycles. The van der Waals surface area contributed by atoms with Crippen LogP contribution in [-0.2, 0) is 0 Å². The molecule has 0 fully saturated rings. The van der Waals surface area contributed by atoms with Crippen LogP contribution >= 0.6 is 22.6 Å². The molecular weight excluding hydrogens is 297 g/mol. The van der Waals surface area contributed by atoms with Gasteiger partial charge in [0.05, 0.1) is 16.2 Å². The lowest BCUT2D eigenvalue weighted by Crippen LogP contribution is -1.96. The van der Waals surface area contributed by atoms with E-state index in [2.05, 4.69) is 5.18 Å². The van der Waals surface area contributed by atoms with Crippen LogP contribution in [0.4, 0.5) is 5.69 Å². The van der Waals surface area contributed by atoms with Crippen molar-refractivity contribution in [3.8, 4) is 5.75 Å². The fourth-order valence-corrected chi connectivity index (χ4v) is 1.73. The molecule has 0 N–H and O–H groups in total. The van der Waals surface area contributed by atoms with Gasteiger partial charge in [0.2, 0.25) is 0 Å². The molecule has 0 bridgehead atoms. The summed E-state index contributed by atoms with van der Waals surface area (Å²) in [7, 11) is 1.51. The third-order valence-corrected chi connectivity index (χ3v) is 2.59. The first kappa shape index (κ1) is 11.1. The number of halogens is 1. The van der Waals surface area contributed by atoms with Gasteiger partial charge in [-0.3, -0.25) is 4.79 Å². The van der Waals surface area contributed by atoms with Crippen molar-refractivity contribution in [1.29, 1.82) is 0 Å². The van der Waals surface area contributed by atoms with Crippen molar-refractivity contribution >= 4 is 34.1 Å². The van der Waals surface area contributed by atoms with Crippen LogP contribution in [0.5, 0.6) is 5.75 Å². The summed E-state index contributed by atoms with van der Waals surface area (Å²) in [6.07, 6.45) is 0. The molecule has 0 saturated heterocycles. The second-order valence-corrected chi connectivity index (χ2v) is 3.81. The summed E-state index contributed by atoms with van der Waals surface area (Å²) in [5, 5.41) is 2.80. The molecule has 14 heavy (non-hydrogen) atoms. The molecule has 1 aromatic carbocycles. The van der Waals surface area contributed by atoms with Gasteiger partial charge in [-0.2, -0.15) is 0 Å². The fourth-order valence-electron chi connectivity index (χ4n) is 1.06. The standard InChI is InChI=1S/C9H8INO3/c1-5(12)6-3-9(14-2)7(10)4-8(6)11-13/h3-4H,1-2H3. The van der Waals surface area contributed by atoms with E-state index in [1.165, 1.54) is 26.2 Å². The number of ketones is 1. The number of methoxy groups -OCH3 is 1. The number of nitrogens with zero attached hydrogens (tertiary/aromatic N) is 1. The van der Waals surface area contributed by atoms with Crippen molar-refractivity contribution in [3.63, 3.8) is 0 Å². The van der Waals surface area contributed by atoms with E-state index in [0.717, 1.165) is 3.57 Å². The highest BCUT2D eigenvalue weighted by Gasteiger charge is 2.12. The van der Waals surface area contributed by atoms with E-state index in [1.807, 2.05) is 22.6 Å². The summed E-state index contributed by atoms with van der Waals surface area (Å²) < 4.78 is 5.79. The number of rotatable bonds is 3. The zero-order valence-electron chi connectivity index (χ0n) is 7.70. The average Bonchev–Trinajstić information content (AvgIpc) is 2.16. The van der Waals surface area contributed by atoms with Crippen molar-refractivity contribution in [3.05, 3.63) is 26.2 Å². The van der Waals surface area contributed by atoms with E-state index in [4.69, 9.17) is 4.74 Å². The molecule has 0 aromatic heterocycles. The maximum absolute atomic E-state index is 11.1. The summed E-state index contributed by atoms with van der Waals surface area (Å²) in [6, 6.07) is 3.06. The normalized spacial score (nSPS) is 9.64. The smallest absolute Gasteiger partial charge is 0.162 e. The van der Waals surface area contributed by atoms with Crippen LogP contribution in [0, 0.1) is 8.48 Å². The van der Waals surface area contributed by atoms with E-state index in [-0.39, 0.29) is 17.0 Å². The van der Waals surface area contributed by atoms with Gasteiger partial charge in [0.1, 0.15) is 11.4 Å². The largest absolute Gasteiger partial charge is 0.496 e. The highest BCUT2D eigenvalue weighted by atomic mass is 127. The molecule has 0 aliphatic heterocycles. The lowest BCUT2D eigenvalue weighted by molar-refractivity contribution is 0.101. The Labute approximate surface area is 94.8 Å². The van der Waals surface area contributed by atoms with Crippen LogP contribution in [0.2, 0.25) is 0 Å². The molecule has 0 unspecified atom stereocenters. The second kappa shape index (κ2) is 4.50. The van der Waals surface area contributed by atoms with Crippen molar-refractivity contribution in [2.45, 2.75) is 6.92 Å². The molecule has 4 nitrogen and oxygen atoms in total. The number of Topliss-reactive ketones (excluding diaryl/α,β-unsaturated/α-hetero) is 1. The first-order valence-electron chi connectivity index (χ1n) is 3.82. The molecule has 0 aliphatic rings. The molecule has 0 amide bonds. The van der Waals surface area contributed by atoms with E-state index in [0.29, 0.717) is 5.75 Å². The highest BCUT2D eigenvalue weighted by Crippen LogP contribution is 2.30. The zero-order valence-corrected chi connectivity index (χ0v) is 9.86. The summed E-state index contributed by atoms with van der Waals surface area (Å²) in [4.78, 5) is 21.6. The van der Waals surface area contributed by atoms with E-state index in [1.54, 1.807) is 0 Å². The lowest BCUT2D eigenvalue weighted by Gasteiger charge is -2.06. The SMILES string of the molecule is COc1cc(C(C)=O)c(N=O)cc1I. The third-order valence-electron chi connectivity index (χ3n) is 1.75. The lowest BCUT2D eigenvalue weighted by atomic mass is 10.1. The molecule has 0 aliphatic carbocycles. The second-order valence-electron chi connectivity index (χ2n) is 2.65. The summed E-state index contributed by atoms with van der Waals surface area (Å²) in [5.41, 5.74) is 0.444. The third kappa shape index (κ3) is 2.09. The molecule has 1 aromatic rings. The van der Waals surface area contributed by atoms with Gasteiger partial charge < -0.3 is 4.74 Å². The van der Waals surface area contributed by atoms with Crippen molar-refractivity contribution in [2.24, 2.45) is 5.18 Å². The average molecular weight is 305 g/mol. The first-order chi connectivity index (χ1) is 6.60. The zero-order chi connectivity index (χ0) is 10.7. The van der Waals surface area contributed by atoms with Gasteiger partial charge in [-0.05, 0) is 46.8 Å². The summed E-state index contributed by atoms with van der Waals surface area (Å²) in [6.45, 7) is 1.39. The molecule has 0 radical (unpaired) electrons. The van der Waals surface area contributed by atoms with Gasteiger partial charge in [-0.1, -0.05) is 0 Å². The van der Waals surface area contributed by atoms with Gasteiger partial charge in [-0.15, -0.1) is 4.91 Å². The predicted octanol–water partition coefficient (Wildman–Crippen LogP) is 2.90. The van der Waals surface area contributed by atoms with Crippen LogP contribution < -0.4 is 4.74 Å². The van der Waals surface area contributed by atoms with E-state index in [9.17, 15) is 9.70 Å². The molecule has 74 valence electrons. The van der Waals surface area contributed by atoms with Crippen LogP contribution in [0.25, 0.3) is 0 Å². The van der Waals surface area contributed by atoms with E-state index < -0.39 is 0 Å². The van der Waals surface area contributed by atoms with Gasteiger partial charge in [0.15, 0.2) is 5.78 Å². The maximum Gasteiger partial charge on any atom is 0.162 e. The number of carbonyl (C=O) groups excluding carboxylic acids is 1. The predicted molar refractivity (Wildman–Crippen MR) is 61.2 cm³/mol. The van der Waals surface area contributed by atoms with Crippen molar-refractivity contribution in [2.75, 3.05) is 7.11 Å². The number of nitroso groups, excluding NO2 is 1. The van der Waals surface area contributed by atoms with E-state index >= 15 is 0 Å². The Morgan fingerprint density at radius 1 is 1.50 bits per heavy atom. The number of hydrogen-bond acceptors (Lipinski definition) is 4. The first-order valence-corrected chi connectivity index (χ1v) is 4.90. The van der Waals surface area contributed by atoms with Crippen LogP contribution in [-0.4, -0.2) is 12.9 Å². The number of benzene rings is 1. The van der Waals surface area contributed by atoms with Crippen LogP contribution in [0.3, 0.4) is 0 Å². The van der Waals surface area contributed by atoms with Gasteiger partial charge in [-0.25, -0.2) is 0 Å². The number of ether oxygens (including phenoxy) is 1. The van der Waals surface area contributed by atoms with Gasteiger partial charge in [0, 0.05) is 0 Å². The van der Waals surface area contributed by atoms with Gasteiger partial charge in [0.25, 0.3) is 0 Å². The Balaban J connectivity index is 3.39. The maximum atomic E-state index is 11.1. The molecule has 5 heteroatoms. The Morgan fingerprint density at radius 2 is 2.14 bits per heavy atom. The molecule has 1 rings (SSSR count). The quantitative estimate of drug-likeness (QED) is 0.490. The van der Waals surface area contributed by atoms with Crippen molar-refractivity contribution < 1.29 is 9.53 Å². The summed E-state index contributed by atoms with van der Waals surface area (Å²) >= 11 is 2.01. The molecular formula is C9H8INO3. The number of carbonyl (C=O) groups is 1. The minimum atomic E-state index is -0.200. The Hall–Kier alpha value is -0.980. The topological polar surface area (TPSA) is 55.7 Å². The van der Waals surface area contributed by atoms with Gasteiger partial charge >= 0.3 is 0 Å². The van der Waals surface area contributed by atoms with Crippen molar-refractivity contribution in [1.82, 2.24) is 0 Å². The minimum absolute atomic E-state index is 0.155. The van der Waals surface area contributed by atoms with Crippen LogP contribution in [0.15, 0.2) is 17.3 Å². The molecule has 0 heterocycles. The fraction of sp³-hybridized carbons (Fsp3) is 0.222. The monoisotopic (exact) mass is 305 g/mol. The Morgan fingerprint density at radius 3 is 2.57 bits per heavy atom. The Kier molecular flexibility index (Phi) is 3.56. The highest BCUT2D eigenvalue weighted by molar-refractivity contribution is 14.1. The minimum Gasteiger partial charge on any atom is -0.496 e. The summed E-state index contributed by atoms with van der Waals surface area (Å²) in [5.74, 6) is 0.373. The molecule has 0 spiro atoms. The van der Waals surface area contributed by atoms with Crippen LogP contribution in [0.1, 0.15) is 17.3 Å².